The Balaban J connectivity index is 1.57. The number of rotatable bonds is 3. The molecule has 0 bridgehead atoms. The summed E-state index contributed by atoms with van der Waals surface area (Å²) >= 11 is 16.3. The van der Waals surface area contributed by atoms with Gasteiger partial charge in [0.15, 0.2) is 5.82 Å². The van der Waals surface area contributed by atoms with E-state index in [1.807, 2.05) is 39.8 Å². The van der Waals surface area contributed by atoms with Gasteiger partial charge in [-0.25, -0.2) is 14.8 Å². The van der Waals surface area contributed by atoms with Crippen molar-refractivity contribution >= 4 is 51.0 Å². The van der Waals surface area contributed by atoms with E-state index in [9.17, 15) is 9.90 Å². The lowest BCUT2D eigenvalue weighted by molar-refractivity contribution is 0.0141. The molecule has 184 valence electrons. The number of anilines is 1. The van der Waals surface area contributed by atoms with Gasteiger partial charge in [0.1, 0.15) is 4.60 Å². The highest BCUT2D eigenvalue weighted by Gasteiger charge is 2.51. The summed E-state index contributed by atoms with van der Waals surface area (Å²) in [4.78, 5) is 25.8. The second-order valence-electron chi connectivity index (χ2n) is 10.5. The van der Waals surface area contributed by atoms with E-state index in [2.05, 4.69) is 20.8 Å². The number of aryl methyl sites for hydroxylation is 1. The van der Waals surface area contributed by atoms with Crippen LogP contribution in [-0.4, -0.2) is 50.7 Å². The lowest BCUT2D eigenvalue weighted by Gasteiger charge is -2.50. The predicted molar refractivity (Wildman–Crippen MR) is 141 cm³/mol. The zero-order valence-electron chi connectivity index (χ0n) is 20.0. The van der Waals surface area contributed by atoms with Crippen molar-refractivity contribution in [1.82, 2.24) is 14.9 Å². The van der Waals surface area contributed by atoms with E-state index in [4.69, 9.17) is 33.2 Å². The number of carbonyl (C=O) groups is 1. The highest BCUT2D eigenvalue weighted by molar-refractivity contribution is 9.10. The van der Waals surface area contributed by atoms with E-state index in [1.165, 1.54) is 0 Å². The van der Waals surface area contributed by atoms with E-state index in [0.29, 0.717) is 20.3 Å². The number of hydrogen-bond acceptors (Lipinski definition) is 4. The molecule has 1 amide bonds. The number of hydrogen-bond donors (Lipinski definition) is 1. The van der Waals surface area contributed by atoms with Crippen LogP contribution in [-0.2, 0) is 0 Å². The molecule has 9 heteroatoms. The molecule has 1 N–H and O–H groups in total. The summed E-state index contributed by atoms with van der Waals surface area (Å²) < 4.78 is 0.671. The van der Waals surface area contributed by atoms with Gasteiger partial charge in [-0.1, -0.05) is 41.8 Å². The maximum absolute atomic E-state index is 12.2. The molecule has 1 aliphatic heterocycles. The monoisotopic (exact) mass is 568 g/mol. The first-order chi connectivity index (χ1) is 15.9. The Bertz CT molecular complexity index is 1100. The Morgan fingerprint density at radius 2 is 1.88 bits per heavy atom. The largest absolute Gasteiger partial charge is 0.465 e. The average Bonchev–Trinajstić information content (AvgIpc) is 3.13. The molecular formula is C25H31BrCl2N4O2. The van der Waals surface area contributed by atoms with Crippen LogP contribution in [0.3, 0.4) is 0 Å². The molecule has 2 heterocycles. The summed E-state index contributed by atoms with van der Waals surface area (Å²) in [6, 6.07) is 5.55. The van der Waals surface area contributed by atoms with Crippen molar-refractivity contribution in [1.29, 1.82) is 0 Å². The number of aromatic nitrogens is 2. The molecule has 4 rings (SSSR count). The number of piperidine rings is 1. The van der Waals surface area contributed by atoms with Crippen LogP contribution in [0.15, 0.2) is 22.8 Å². The van der Waals surface area contributed by atoms with Crippen LogP contribution in [0.5, 0.6) is 0 Å². The number of halogens is 3. The highest BCUT2D eigenvalue weighted by atomic mass is 79.9. The van der Waals surface area contributed by atoms with Crippen molar-refractivity contribution < 1.29 is 9.90 Å². The number of carboxylic acid groups (broad SMARTS) is 1. The summed E-state index contributed by atoms with van der Waals surface area (Å²) in [5, 5.41) is 11.0. The lowest BCUT2D eigenvalue weighted by Crippen LogP contribution is -2.58. The first kappa shape index (κ1) is 25.5. The molecule has 1 aromatic carbocycles. The van der Waals surface area contributed by atoms with E-state index < -0.39 is 11.6 Å². The van der Waals surface area contributed by atoms with Crippen LogP contribution in [0.25, 0.3) is 11.3 Å². The maximum Gasteiger partial charge on any atom is 0.408 e. The van der Waals surface area contributed by atoms with E-state index in [0.717, 1.165) is 62.3 Å². The minimum absolute atomic E-state index is 0.0192. The van der Waals surface area contributed by atoms with Gasteiger partial charge in [-0.15, -0.1) is 0 Å². The normalized spacial score (nSPS) is 20.1. The molecule has 1 aromatic heterocycles. The summed E-state index contributed by atoms with van der Waals surface area (Å²) in [5.41, 5.74) is 1.84. The predicted octanol–water partition coefficient (Wildman–Crippen LogP) is 7.44. The zero-order valence-corrected chi connectivity index (χ0v) is 23.1. The summed E-state index contributed by atoms with van der Waals surface area (Å²) in [5.74, 6) is 0.815. The molecule has 2 fully saturated rings. The van der Waals surface area contributed by atoms with Crippen LogP contribution in [0, 0.1) is 12.3 Å². The molecule has 1 saturated carbocycles. The van der Waals surface area contributed by atoms with E-state index in [1.54, 1.807) is 11.0 Å². The van der Waals surface area contributed by atoms with Crippen molar-refractivity contribution in [2.75, 3.05) is 18.0 Å². The van der Waals surface area contributed by atoms with Crippen LogP contribution >= 0.6 is 39.1 Å². The second-order valence-corrected chi connectivity index (χ2v) is 12.0. The molecule has 1 atom stereocenters. The Hall–Kier alpha value is -1.57. The van der Waals surface area contributed by atoms with Gasteiger partial charge in [-0.2, -0.15) is 0 Å². The minimum Gasteiger partial charge on any atom is -0.465 e. The molecule has 1 aliphatic carbocycles. The molecule has 0 unspecified atom stereocenters. The molecule has 1 saturated heterocycles. The van der Waals surface area contributed by atoms with Crippen molar-refractivity contribution in [3.8, 4) is 11.3 Å². The Labute approximate surface area is 219 Å². The number of nitrogens with zero attached hydrogens (tertiary/aromatic N) is 4. The van der Waals surface area contributed by atoms with Crippen LogP contribution < -0.4 is 4.90 Å². The molecule has 34 heavy (non-hydrogen) atoms. The molecule has 2 aliphatic rings. The van der Waals surface area contributed by atoms with Gasteiger partial charge in [0.2, 0.25) is 0 Å². The van der Waals surface area contributed by atoms with Crippen LogP contribution in [0.2, 0.25) is 10.0 Å². The number of benzene rings is 1. The van der Waals surface area contributed by atoms with Gasteiger partial charge >= 0.3 is 6.09 Å². The fourth-order valence-corrected chi connectivity index (χ4v) is 6.69. The third kappa shape index (κ3) is 4.63. The third-order valence-electron chi connectivity index (χ3n) is 7.38. The van der Waals surface area contributed by atoms with Gasteiger partial charge in [-0.05, 0) is 80.8 Å². The number of amides is 1. The molecule has 6 nitrogen and oxygen atoms in total. The lowest BCUT2D eigenvalue weighted by atomic mass is 9.72. The second kappa shape index (κ2) is 9.47. The molecule has 0 radical (unpaired) electrons. The van der Waals surface area contributed by atoms with Gasteiger partial charge in [0, 0.05) is 30.2 Å². The fourth-order valence-electron chi connectivity index (χ4n) is 5.79. The Morgan fingerprint density at radius 3 is 2.50 bits per heavy atom. The topological polar surface area (TPSA) is 69.6 Å². The van der Waals surface area contributed by atoms with E-state index >= 15 is 0 Å². The first-order valence-corrected chi connectivity index (χ1v) is 13.3. The Kier molecular flexibility index (Phi) is 7.11. The van der Waals surface area contributed by atoms with Crippen LogP contribution in [0.4, 0.5) is 10.6 Å². The highest BCUT2D eigenvalue weighted by Crippen LogP contribution is 2.51. The maximum atomic E-state index is 12.2. The summed E-state index contributed by atoms with van der Waals surface area (Å²) in [6.45, 7) is 9.54. The Morgan fingerprint density at radius 1 is 1.21 bits per heavy atom. The fraction of sp³-hybridized carbons (Fsp3) is 0.560. The van der Waals surface area contributed by atoms with Crippen molar-refractivity contribution in [3.63, 3.8) is 0 Å². The molecular weight excluding hydrogens is 539 g/mol. The first-order valence-electron chi connectivity index (χ1n) is 11.7. The van der Waals surface area contributed by atoms with Gasteiger partial charge < -0.3 is 10.0 Å². The van der Waals surface area contributed by atoms with Gasteiger partial charge in [0.05, 0.1) is 21.4 Å². The standard InChI is InChI=1S/C25H31BrCl2N4O2/c1-15-20(16-7-5-8-17(27)19(16)28)30-21(26)22(29-15)31-13-11-25(12-14-31)10-6-9-18(25)32(23(33)34)24(2,3)4/h5,7-8,18H,6,9-14H2,1-4H3,(H,33,34)/t18-/m1/s1. The van der Waals surface area contributed by atoms with Crippen molar-refractivity contribution in [2.24, 2.45) is 5.41 Å². The smallest absolute Gasteiger partial charge is 0.408 e. The quantitative estimate of drug-likeness (QED) is 0.416. The average molecular weight is 570 g/mol. The molecule has 2 aromatic rings. The molecule has 1 spiro atoms. The van der Waals surface area contributed by atoms with Crippen LogP contribution in [0.1, 0.15) is 58.6 Å². The SMILES string of the molecule is Cc1nc(N2CCC3(CCC[C@H]3N(C(=O)O)C(C)(C)C)CC2)c(Br)nc1-c1cccc(Cl)c1Cl. The zero-order chi connectivity index (χ0) is 24.8. The summed E-state index contributed by atoms with van der Waals surface area (Å²) in [7, 11) is 0. The van der Waals surface area contributed by atoms with Crippen molar-refractivity contribution in [3.05, 3.63) is 38.5 Å². The third-order valence-corrected chi connectivity index (χ3v) is 8.73. The van der Waals surface area contributed by atoms with Gasteiger partial charge in [0.25, 0.3) is 0 Å². The summed E-state index contributed by atoms with van der Waals surface area (Å²) in [6.07, 6.45) is 4.13. The van der Waals surface area contributed by atoms with Gasteiger partial charge in [-0.3, -0.25) is 4.90 Å². The minimum atomic E-state index is -0.819. The van der Waals surface area contributed by atoms with E-state index in [-0.39, 0.29) is 11.5 Å². The van der Waals surface area contributed by atoms with Crippen molar-refractivity contribution in [2.45, 2.75) is 71.4 Å².